The number of benzene rings is 6. The van der Waals surface area contributed by atoms with Crippen LogP contribution in [0.1, 0.15) is 37.5 Å². The Balaban J connectivity index is 1.31. The predicted octanol–water partition coefficient (Wildman–Crippen LogP) is 10.7. The number of nitrogens with zero attached hydrogens (tertiary/aromatic N) is 2. The van der Waals surface area contributed by atoms with Crippen molar-refractivity contribution < 1.29 is 0 Å². The molecule has 1 aliphatic rings. The lowest BCUT2D eigenvalue weighted by Gasteiger charge is -2.19. The van der Waals surface area contributed by atoms with Gasteiger partial charge in [0.2, 0.25) is 0 Å². The van der Waals surface area contributed by atoms with Crippen LogP contribution in [0.3, 0.4) is 0 Å². The molecule has 0 atom stereocenters. The maximum absolute atomic E-state index is 2.45. The minimum absolute atomic E-state index is 0.0769. The van der Waals surface area contributed by atoms with Crippen molar-refractivity contribution in [2.75, 3.05) is 0 Å². The molecule has 2 nitrogen and oxygen atoms in total. The molecule has 6 aromatic carbocycles. The summed E-state index contributed by atoms with van der Waals surface area (Å²) in [6.07, 6.45) is 0.948. The Morgan fingerprint density at radius 1 is 0.488 bits per heavy atom. The van der Waals surface area contributed by atoms with Crippen molar-refractivity contribution in [2.45, 2.75) is 32.6 Å². The van der Waals surface area contributed by atoms with Crippen molar-refractivity contribution in [3.63, 3.8) is 0 Å². The molecule has 0 N–H and O–H groups in total. The van der Waals surface area contributed by atoms with Gasteiger partial charge in [0, 0.05) is 32.9 Å². The Labute approximate surface area is 251 Å². The molecule has 43 heavy (non-hydrogen) atoms. The first-order chi connectivity index (χ1) is 21.0. The van der Waals surface area contributed by atoms with Crippen LogP contribution in [0.4, 0.5) is 0 Å². The average molecular weight is 553 g/mol. The summed E-state index contributed by atoms with van der Waals surface area (Å²) in [5.41, 5.74) is 14.5. The first kappa shape index (κ1) is 24.5. The molecule has 0 saturated carbocycles. The second-order valence-electron chi connectivity index (χ2n) is 13.0. The summed E-state index contributed by atoms with van der Waals surface area (Å²) in [5.74, 6) is 0. The molecule has 8 aromatic rings. The molecule has 2 heteroatoms. The normalized spacial score (nSPS) is 12.9. The predicted molar refractivity (Wildman–Crippen MR) is 182 cm³/mol. The van der Waals surface area contributed by atoms with Gasteiger partial charge >= 0.3 is 0 Å². The molecule has 0 spiro atoms. The Hall–Kier alpha value is -5.08. The van der Waals surface area contributed by atoms with Gasteiger partial charge in [-0.3, -0.25) is 0 Å². The first-order valence-corrected chi connectivity index (χ1v) is 15.3. The number of aromatic nitrogens is 2. The standard InChI is InChI=1S/C41H32N2/c1-41(2,3)27-18-21-38-35(24-27)40-34-23-26-17-19-29(43-36-15-9-7-13-31(36)32-14-8-10-16-37(32)43)25-33(26)30(34)20-22-39(40)42(38)28-11-5-4-6-12-28/h4-22,24-25H,23H2,1-3H3. The average Bonchev–Trinajstić information content (AvgIpc) is 3.68. The van der Waals surface area contributed by atoms with E-state index < -0.39 is 0 Å². The fraction of sp³-hybridized carbons (Fsp3) is 0.122. The third-order valence-electron chi connectivity index (χ3n) is 9.51. The van der Waals surface area contributed by atoms with Crippen molar-refractivity contribution in [1.29, 1.82) is 0 Å². The maximum atomic E-state index is 2.45. The van der Waals surface area contributed by atoms with Crippen LogP contribution in [0.2, 0.25) is 0 Å². The third-order valence-corrected chi connectivity index (χ3v) is 9.51. The number of fused-ring (bicyclic) bond motifs is 10. The van der Waals surface area contributed by atoms with Crippen molar-refractivity contribution in [1.82, 2.24) is 9.13 Å². The zero-order valence-corrected chi connectivity index (χ0v) is 24.7. The highest BCUT2D eigenvalue weighted by Gasteiger charge is 2.26. The van der Waals surface area contributed by atoms with E-state index in [0.29, 0.717) is 0 Å². The highest BCUT2D eigenvalue weighted by atomic mass is 15.0. The molecule has 9 rings (SSSR count). The summed E-state index contributed by atoms with van der Waals surface area (Å²) >= 11 is 0. The summed E-state index contributed by atoms with van der Waals surface area (Å²) in [4.78, 5) is 0. The van der Waals surface area contributed by atoms with E-state index in [1.54, 1.807) is 0 Å². The van der Waals surface area contributed by atoms with Gasteiger partial charge in [0.05, 0.1) is 22.1 Å². The number of para-hydroxylation sites is 3. The van der Waals surface area contributed by atoms with E-state index in [2.05, 4.69) is 157 Å². The van der Waals surface area contributed by atoms with Crippen molar-refractivity contribution in [2.24, 2.45) is 0 Å². The van der Waals surface area contributed by atoms with Crippen LogP contribution in [0.15, 0.2) is 127 Å². The van der Waals surface area contributed by atoms with Crippen LogP contribution in [-0.2, 0) is 11.8 Å². The van der Waals surface area contributed by atoms with E-state index in [-0.39, 0.29) is 5.41 Å². The highest BCUT2D eigenvalue weighted by molar-refractivity contribution is 6.14. The van der Waals surface area contributed by atoms with Gasteiger partial charge in [0.25, 0.3) is 0 Å². The minimum atomic E-state index is 0.0769. The molecule has 0 bridgehead atoms. The topological polar surface area (TPSA) is 9.86 Å². The van der Waals surface area contributed by atoms with Gasteiger partial charge in [0.1, 0.15) is 0 Å². The van der Waals surface area contributed by atoms with E-state index in [1.807, 2.05) is 0 Å². The molecule has 206 valence electrons. The Kier molecular flexibility index (Phi) is 4.97. The Morgan fingerprint density at radius 2 is 1.12 bits per heavy atom. The summed E-state index contributed by atoms with van der Waals surface area (Å²) in [7, 11) is 0. The number of hydrogen-bond acceptors (Lipinski definition) is 0. The molecular formula is C41H32N2. The van der Waals surface area contributed by atoms with Crippen LogP contribution >= 0.6 is 0 Å². The van der Waals surface area contributed by atoms with Gasteiger partial charge in [-0.15, -0.1) is 0 Å². The van der Waals surface area contributed by atoms with Crippen LogP contribution in [0, 0.1) is 0 Å². The zero-order valence-electron chi connectivity index (χ0n) is 24.7. The summed E-state index contributed by atoms with van der Waals surface area (Å²) in [5, 5.41) is 5.32. The first-order valence-electron chi connectivity index (χ1n) is 15.3. The second-order valence-corrected chi connectivity index (χ2v) is 13.0. The molecule has 0 fully saturated rings. The zero-order chi connectivity index (χ0) is 28.9. The number of hydrogen-bond donors (Lipinski definition) is 0. The van der Waals surface area contributed by atoms with E-state index in [9.17, 15) is 0 Å². The van der Waals surface area contributed by atoms with Crippen LogP contribution in [0.5, 0.6) is 0 Å². The highest BCUT2D eigenvalue weighted by Crippen LogP contribution is 2.46. The van der Waals surface area contributed by atoms with Gasteiger partial charge in [-0.25, -0.2) is 0 Å². The molecular weight excluding hydrogens is 520 g/mol. The van der Waals surface area contributed by atoms with Crippen molar-refractivity contribution in [3.05, 3.63) is 144 Å². The summed E-state index contributed by atoms with van der Waals surface area (Å²) in [6, 6.07) is 47.2. The van der Waals surface area contributed by atoms with Crippen LogP contribution in [0.25, 0.3) is 66.1 Å². The lowest BCUT2D eigenvalue weighted by molar-refractivity contribution is 0.591. The molecule has 0 radical (unpaired) electrons. The van der Waals surface area contributed by atoms with Crippen molar-refractivity contribution >= 4 is 43.6 Å². The van der Waals surface area contributed by atoms with E-state index in [4.69, 9.17) is 0 Å². The van der Waals surface area contributed by atoms with Gasteiger partial charge in [-0.1, -0.05) is 93.6 Å². The van der Waals surface area contributed by atoms with Crippen molar-refractivity contribution in [3.8, 4) is 22.5 Å². The van der Waals surface area contributed by atoms with Gasteiger partial charge in [0.15, 0.2) is 0 Å². The fourth-order valence-corrected chi connectivity index (χ4v) is 7.44. The van der Waals surface area contributed by atoms with Crippen LogP contribution < -0.4 is 0 Å². The lowest BCUT2D eigenvalue weighted by Crippen LogP contribution is -2.10. The number of rotatable bonds is 2. The Bertz CT molecular complexity index is 2340. The van der Waals surface area contributed by atoms with E-state index in [1.165, 1.54) is 82.8 Å². The van der Waals surface area contributed by atoms with E-state index >= 15 is 0 Å². The lowest BCUT2D eigenvalue weighted by atomic mass is 9.86. The van der Waals surface area contributed by atoms with Gasteiger partial charge in [-0.05, 0) is 94.3 Å². The monoisotopic (exact) mass is 552 g/mol. The quantitative estimate of drug-likeness (QED) is 0.202. The largest absolute Gasteiger partial charge is 0.309 e. The Morgan fingerprint density at radius 3 is 1.84 bits per heavy atom. The SMILES string of the molecule is CC(C)(C)c1ccc2c(c1)c1c3c(ccc1n2-c1ccccc1)-c1cc(-n2c4ccccc4c4ccccc42)ccc1C3. The molecule has 2 heterocycles. The van der Waals surface area contributed by atoms with Crippen LogP contribution in [-0.4, -0.2) is 9.13 Å². The van der Waals surface area contributed by atoms with Gasteiger partial charge in [-0.2, -0.15) is 0 Å². The molecule has 2 aromatic heterocycles. The van der Waals surface area contributed by atoms with E-state index in [0.717, 1.165) is 6.42 Å². The maximum Gasteiger partial charge on any atom is 0.0544 e. The molecule has 1 aliphatic carbocycles. The summed E-state index contributed by atoms with van der Waals surface area (Å²) < 4.78 is 4.88. The fourth-order valence-electron chi connectivity index (χ4n) is 7.44. The minimum Gasteiger partial charge on any atom is -0.309 e. The molecule has 0 saturated heterocycles. The molecule has 0 unspecified atom stereocenters. The third kappa shape index (κ3) is 3.47. The molecule has 0 aliphatic heterocycles. The second kappa shape index (κ2) is 8.72. The summed E-state index contributed by atoms with van der Waals surface area (Å²) in [6.45, 7) is 6.92. The van der Waals surface area contributed by atoms with Gasteiger partial charge < -0.3 is 9.13 Å². The smallest absolute Gasteiger partial charge is 0.0544 e. The molecule has 0 amide bonds.